The first-order chi connectivity index (χ1) is 19.3. The van der Waals surface area contributed by atoms with E-state index in [1.54, 1.807) is 0 Å². The molecule has 1 aromatic heterocycles. The molecule has 0 bridgehead atoms. The number of imidazole rings is 1. The van der Waals surface area contributed by atoms with Crippen molar-refractivity contribution in [3.63, 3.8) is 0 Å². The molecule has 0 unspecified atom stereocenters. The van der Waals surface area contributed by atoms with Crippen LogP contribution in [0.4, 0.5) is 0 Å². The van der Waals surface area contributed by atoms with Gasteiger partial charge >= 0.3 is 0 Å². The standard InChI is InChI=1S/C37H36N2/c1-3-11-27(12-4-1)29-19-21-32(22-20-29)37-38-23-24-39(37)36-34(30-15-7-8-16-30)25-33(28-13-5-2-6-14-28)26-35(36)31-17-9-10-18-31/h1-6,11-14,19-26,30-31H,7-10,15-18H2. The van der Waals surface area contributed by atoms with Crippen LogP contribution < -0.4 is 0 Å². The SMILES string of the molecule is c1ccc(-c2ccc(-c3nccn3-c3c(C4CCCC4)cc(-c4ccccc4)cc3C3CCCC3)cc2)cc1. The zero-order valence-corrected chi connectivity index (χ0v) is 22.6. The lowest BCUT2D eigenvalue weighted by atomic mass is 9.84. The van der Waals surface area contributed by atoms with Gasteiger partial charge in [-0.25, -0.2) is 4.98 Å². The van der Waals surface area contributed by atoms with Crippen LogP contribution in [0.15, 0.2) is 109 Å². The minimum atomic E-state index is 0.611. The van der Waals surface area contributed by atoms with Crippen molar-refractivity contribution in [3.8, 4) is 39.3 Å². The van der Waals surface area contributed by atoms with E-state index in [0.29, 0.717) is 11.8 Å². The zero-order valence-electron chi connectivity index (χ0n) is 22.6. The van der Waals surface area contributed by atoms with Crippen LogP contribution in [0.2, 0.25) is 0 Å². The first kappa shape index (κ1) is 24.2. The molecule has 7 rings (SSSR count). The highest BCUT2D eigenvalue weighted by Gasteiger charge is 2.29. The molecule has 2 aliphatic rings. The Morgan fingerprint density at radius 3 is 1.51 bits per heavy atom. The summed E-state index contributed by atoms with van der Waals surface area (Å²) in [6.45, 7) is 0. The Balaban J connectivity index is 1.39. The van der Waals surface area contributed by atoms with E-state index >= 15 is 0 Å². The summed E-state index contributed by atoms with van der Waals surface area (Å²) in [4.78, 5) is 4.94. The fourth-order valence-electron chi connectivity index (χ4n) is 6.99. The molecule has 2 fully saturated rings. The van der Waals surface area contributed by atoms with E-state index in [2.05, 4.69) is 108 Å². The predicted octanol–water partition coefficient (Wildman–Crippen LogP) is 10.2. The van der Waals surface area contributed by atoms with E-state index in [1.165, 1.54) is 96.0 Å². The van der Waals surface area contributed by atoms with Crippen LogP contribution in [0, 0.1) is 0 Å². The molecule has 4 aromatic carbocycles. The van der Waals surface area contributed by atoms with Gasteiger partial charge in [0.1, 0.15) is 5.82 Å². The molecule has 0 N–H and O–H groups in total. The van der Waals surface area contributed by atoms with Gasteiger partial charge in [-0.05, 0) is 83.0 Å². The van der Waals surface area contributed by atoms with E-state index in [0.717, 1.165) is 5.82 Å². The molecule has 2 aliphatic carbocycles. The monoisotopic (exact) mass is 508 g/mol. The van der Waals surface area contributed by atoms with E-state index in [1.807, 2.05) is 6.20 Å². The predicted molar refractivity (Wildman–Crippen MR) is 162 cm³/mol. The van der Waals surface area contributed by atoms with Crippen LogP contribution in [0.1, 0.15) is 74.3 Å². The maximum Gasteiger partial charge on any atom is 0.144 e. The second kappa shape index (κ2) is 10.7. The van der Waals surface area contributed by atoms with Gasteiger partial charge in [0.25, 0.3) is 0 Å². The van der Waals surface area contributed by atoms with Gasteiger partial charge in [-0.15, -0.1) is 0 Å². The fourth-order valence-corrected chi connectivity index (χ4v) is 6.99. The van der Waals surface area contributed by atoms with Crippen LogP contribution in [-0.2, 0) is 0 Å². The van der Waals surface area contributed by atoms with Crippen molar-refractivity contribution in [3.05, 3.63) is 121 Å². The largest absolute Gasteiger partial charge is 0.299 e. The van der Waals surface area contributed by atoms with Crippen molar-refractivity contribution in [2.75, 3.05) is 0 Å². The molecule has 0 spiro atoms. The summed E-state index contributed by atoms with van der Waals surface area (Å²) >= 11 is 0. The molecular formula is C37H36N2. The average molecular weight is 509 g/mol. The van der Waals surface area contributed by atoms with Gasteiger partial charge < -0.3 is 0 Å². The first-order valence-electron chi connectivity index (χ1n) is 14.8. The quantitative estimate of drug-likeness (QED) is 0.223. The third kappa shape index (κ3) is 4.74. The summed E-state index contributed by atoms with van der Waals surface area (Å²) in [6, 6.07) is 35.6. The third-order valence-corrected chi connectivity index (χ3v) is 9.00. The molecule has 5 aromatic rings. The van der Waals surface area contributed by atoms with Crippen LogP contribution in [-0.4, -0.2) is 9.55 Å². The minimum absolute atomic E-state index is 0.611. The highest BCUT2D eigenvalue weighted by Crippen LogP contribution is 2.46. The van der Waals surface area contributed by atoms with E-state index in [4.69, 9.17) is 4.98 Å². The Kier molecular flexibility index (Phi) is 6.62. The molecular weight excluding hydrogens is 472 g/mol. The minimum Gasteiger partial charge on any atom is -0.299 e. The summed E-state index contributed by atoms with van der Waals surface area (Å²) in [5.74, 6) is 2.26. The molecule has 0 atom stereocenters. The van der Waals surface area contributed by atoms with Gasteiger partial charge in [-0.3, -0.25) is 4.57 Å². The molecule has 194 valence electrons. The fraction of sp³-hybridized carbons (Fsp3) is 0.270. The Hall–Kier alpha value is -3.91. The first-order valence-corrected chi connectivity index (χ1v) is 14.8. The number of nitrogens with zero attached hydrogens (tertiary/aromatic N) is 2. The normalized spacial score (nSPS) is 16.2. The molecule has 0 radical (unpaired) electrons. The van der Waals surface area contributed by atoms with Crippen molar-refractivity contribution >= 4 is 0 Å². The molecule has 1 heterocycles. The van der Waals surface area contributed by atoms with Crippen LogP contribution >= 0.6 is 0 Å². The number of rotatable bonds is 6. The molecule has 2 nitrogen and oxygen atoms in total. The molecule has 39 heavy (non-hydrogen) atoms. The van der Waals surface area contributed by atoms with Gasteiger partial charge in [0.05, 0.1) is 5.69 Å². The van der Waals surface area contributed by atoms with E-state index in [-0.39, 0.29) is 0 Å². The molecule has 2 saturated carbocycles. The molecule has 0 amide bonds. The number of benzene rings is 4. The van der Waals surface area contributed by atoms with Crippen LogP contribution in [0.25, 0.3) is 39.3 Å². The summed E-state index contributed by atoms with van der Waals surface area (Å²) in [5, 5.41) is 0. The maximum atomic E-state index is 4.94. The Morgan fingerprint density at radius 1 is 0.513 bits per heavy atom. The number of hydrogen-bond acceptors (Lipinski definition) is 1. The van der Waals surface area contributed by atoms with E-state index in [9.17, 15) is 0 Å². The third-order valence-electron chi connectivity index (χ3n) is 9.00. The van der Waals surface area contributed by atoms with Crippen LogP contribution in [0.3, 0.4) is 0 Å². The highest BCUT2D eigenvalue weighted by molar-refractivity contribution is 5.73. The lowest BCUT2D eigenvalue weighted by Crippen LogP contribution is -2.10. The van der Waals surface area contributed by atoms with E-state index < -0.39 is 0 Å². The molecule has 0 saturated heterocycles. The molecule has 0 aliphatic heterocycles. The average Bonchev–Trinajstić information content (AvgIpc) is 3.81. The zero-order chi connectivity index (χ0) is 26.0. The van der Waals surface area contributed by atoms with Crippen LogP contribution in [0.5, 0.6) is 0 Å². The summed E-state index contributed by atoms with van der Waals surface area (Å²) in [7, 11) is 0. The van der Waals surface area contributed by atoms with Crippen molar-refractivity contribution in [2.24, 2.45) is 0 Å². The van der Waals surface area contributed by atoms with Crippen molar-refractivity contribution < 1.29 is 0 Å². The Labute approximate surface area is 232 Å². The Morgan fingerprint density at radius 2 is 0.974 bits per heavy atom. The highest BCUT2D eigenvalue weighted by atomic mass is 15.1. The topological polar surface area (TPSA) is 17.8 Å². The van der Waals surface area contributed by atoms with Gasteiger partial charge in [-0.1, -0.05) is 111 Å². The second-order valence-corrected chi connectivity index (χ2v) is 11.4. The summed E-state index contributed by atoms with van der Waals surface area (Å²) in [5.41, 5.74) is 10.8. The summed E-state index contributed by atoms with van der Waals surface area (Å²) < 4.78 is 2.42. The van der Waals surface area contributed by atoms with Gasteiger partial charge in [0.15, 0.2) is 0 Å². The number of hydrogen-bond donors (Lipinski definition) is 0. The van der Waals surface area contributed by atoms with Crippen molar-refractivity contribution in [2.45, 2.75) is 63.2 Å². The second-order valence-electron chi connectivity index (χ2n) is 11.4. The number of aromatic nitrogens is 2. The Bertz CT molecular complexity index is 1500. The lowest BCUT2D eigenvalue weighted by molar-refractivity contribution is 0.689. The van der Waals surface area contributed by atoms with Crippen molar-refractivity contribution in [1.29, 1.82) is 0 Å². The van der Waals surface area contributed by atoms with Crippen molar-refractivity contribution in [1.82, 2.24) is 9.55 Å². The summed E-state index contributed by atoms with van der Waals surface area (Å²) in [6.07, 6.45) is 14.6. The lowest BCUT2D eigenvalue weighted by Gasteiger charge is -2.26. The van der Waals surface area contributed by atoms with Gasteiger partial charge in [0.2, 0.25) is 0 Å². The van der Waals surface area contributed by atoms with Gasteiger partial charge in [-0.2, -0.15) is 0 Å². The molecule has 2 heteroatoms. The maximum absolute atomic E-state index is 4.94. The smallest absolute Gasteiger partial charge is 0.144 e. The van der Waals surface area contributed by atoms with Gasteiger partial charge in [0, 0.05) is 18.0 Å².